The van der Waals surface area contributed by atoms with Crippen molar-refractivity contribution in [3.8, 4) is 0 Å². The van der Waals surface area contributed by atoms with Crippen molar-refractivity contribution in [1.82, 2.24) is 15.5 Å². The Bertz CT molecular complexity index is 356. The van der Waals surface area contributed by atoms with E-state index in [0.29, 0.717) is 6.04 Å². The molecule has 0 amide bonds. The highest BCUT2D eigenvalue weighted by molar-refractivity contribution is 5.79. The molecule has 3 fully saturated rings. The molecule has 0 bridgehead atoms. The molecule has 0 spiro atoms. The highest BCUT2D eigenvalue weighted by Gasteiger charge is 2.34. The molecule has 3 aliphatic rings. The van der Waals surface area contributed by atoms with E-state index in [-0.39, 0.29) is 0 Å². The summed E-state index contributed by atoms with van der Waals surface area (Å²) in [6.45, 7) is 6.04. The van der Waals surface area contributed by atoms with Gasteiger partial charge >= 0.3 is 0 Å². The second-order valence-electron chi connectivity index (χ2n) is 7.44. The van der Waals surface area contributed by atoms with E-state index in [4.69, 9.17) is 0 Å². The van der Waals surface area contributed by atoms with Gasteiger partial charge in [0.1, 0.15) is 0 Å². The molecule has 0 aromatic rings. The van der Waals surface area contributed by atoms with Crippen LogP contribution < -0.4 is 10.6 Å². The molecule has 1 aliphatic heterocycles. The fourth-order valence-corrected chi connectivity index (χ4v) is 3.83. The number of aliphatic imine (C=N–C) groups is 1. The van der Waals surface area contributed by atoms with Crippen molar-refractivity contribution < 1.29 is 0 Å². The Morgan fingerprint density at radius 1 is 1.10 bits per heavy atom. The Morgan fingerprint density at radius 3 is 2.52 bits per heavy atom. The van der Waals surface area contributed by atoms with Gasteiger partial charge in [0.15, 0.2) is 5.96 Å². The number of nitrogens with one attached hydrogen (secondary N) is 2. The van der Waals surface area contributed by atoms with Crippen LogP contribution in [0, 0.1) is 11.8 Å². The molecule has 21 heavy (non-hydrogen) atoms. The number of likely N-dealkylation sites (tertiary alicyclic amines) is 1. The maximum Gasteiger partial charge on any atom is 0.191 e. The van der Waals surface area contributed by atoms with Crippen LogP contribution in [0.15, 0.2) is 4.99 Å². The number of nitrogens with zero attached hydrogens (tertiary/aromatic N) is 2. The molecular formula is C17H32N4. The van der Waals surface area contributed by atoms with E-state index in [0.717, 1.165) is 30.4 Å². The fraction of sp³-hybridized carbons (Fsp3) is 0.941. The normalized spacial score (nSPS) is 35.0. The van der Waals surface area contributed by atoms with Gasteiger partial charge < -0.3 is 15.5 Å². The summed E-state index contributed by atoms with van der Waals surface area (Å²) in [6, 6.07) is 1.55. The van der Waals surface area contributed by atoms with Crippen molar-refractivity contribution in [2.75, 3.05) is 26.7 Å². The van der Waals surface area contributed by atoms with Crippen molar-refractivity contribution in [3.05, 3.63) is 0 Å². The lowest BCUT2D eigenvalue weighted by Crippen LogP contribution is -2.46. The quantitative estimate of drug-likeness (QED) is 0.616. The first-order chi connectivity index (χ1) is 10.2. The molecule has 0 aromatic heterocycles. The minimum atomic E-state index is 0.624. The highest BCUT2D eigenvalue weighted by atomic mass is 15.2. The average Bonchev–Trinajstić information content (AvgIpc) is 3.25. The second-order valence-corrected chi connectivity index (χ2v) is 7.44. The molecule has 1 unspecified atom stereocenters. The zero-order valence-electron chi connectivity index (χ0n) is 13.8. The summed E-state index contributed by atoms with van der Waals surface area (Å²) < 4.78 is 0. The summed E-state index contributed by atoms with van der Waals surface area (Å²) in [5, 5.41) is 7.18. The summed E-state index contributed by atoms with van der Waals surface area (Å²) in [5.74, 6) is 2.72. The third-order valence-corrected chi connectivity index (χ3v) is 5.52. The Labute approximate surface area is 129 Å². The van der Waals surface area contributed by atoms with Gasteiger partial charge in [0.2, 0.25) is 0 Å². The fourth-order valence-electron chi connectivity index (χ4n) is 3.83. The molecule has 1 saturated heterocycles. The number of hydrogen-bond donors (Lipinski definition) is 2. The molecule has 120 valence electrons. The maximum absolute atomic E-state index is 4.41. The lowest BCUT2D eigenvalue weighted by atomic mass is 9.87. The molecule has 4 heteroatoms. The molecular weight excluding hydrogens is 260 g/mol. The van der Waals surface area contributed by atoms with Crippen LogP contribution in [0.3, 0.4) is 0 Å². The second kappa shape index (κ2) is 6.99. The minimum Gasteiger partial charge on any atom is -0.356 e. The first-order valence-electron chi connectivity index (χ1n) is 8.96. The first-order valence-corrected chi connectivity index (χ1v) is 8.96. The van der Waals surface area contributed by atoms with Gasteiger partial charge in [-0.3, -0.25) is 4.99 Å². The highest BCUT2D eigenvalue weighted by Crippen LogP contribution is 2.31. The largest absolute Gasteiger partial charge is 0.356 e. The standard InChI is InChI=1S/C17H32N4/c1-13-3-5-15(6-4-13)20-17(18-2)19-11-14-9-10-21(12-14)16-7-8-16/h13-16H,3-12H2,1-2H3,(H2,18,19,20). The van der Waals surface area contributed by atoms with E-state index in [1.54, 1.807) is 0 Å². The monoisotopic (exact) mass is 292 g/mol. The minimum absolute atomic E-state index is 0.624. The van der Waals surface area contributed by atoms with Crippen molar-refractivity contribution >= 4 is 5.96 Å². The smallest absolute Gasteiger partial charge is 0.191 e. The van der Waals surface area contributed by atoms with Gasteiger partial charge in [0.05, 0.1) is 0 Å². The molecule has 4 nitrogen and oxygen atoms in total. The number of guanidine groups is 1. The van der Waals surface area contributed by atoms with E-state index in [9.17, 15) is 0 Å². The summed E-state index contributed by atoms with van der Waals surface area (Å²) >= 11 is 0. The zero-order valence-corrected chi connectivity index (χ0v) is 13.8. The Morgan fingerprint density at radius 2 is 1.86 bits per heavy atom. The maximum atomic E-state index is 4.41. The Balaban J connectivity index is 1.36. The number of rotatable bonds is 4. The van der Waals surface area contributed by atoms with Crippen LogP contribution >= 0.6 is 0 Å². The third kappa shape index (κ3) is 4.35. The summed E-state index contributed by atoms with van der Waals surface area (Å²) in [4.78, 5) is 7.10. The molecule has 1 heterocycles. The molecule has 0 aromatic carbocycles. The third-order valence-electron chi connectivity index (χ3n) is 5.52. The van der Waals surface area contributed by atoms with Gasteiger partial charge in [-0.25, -0.2) is 0 Å². The molecule has 2 saturated carbocycles. The molecule has 3 rings (SSSR count). The lowest BCUT2D eigenvalue weighted by molar-refractivity contribution is 0.313. The molecule has 2 aliphatic carbocycles. The SMILES string of the molecule is CN=C(NCC1CCN(C2CC2)C1)NC1CCC(C)CC1. The molecule has 0 radical (unpaired) electrons. The van der Waals surface area contributed by atoms with Crippen LogP contribution in [0.25, 0.3) is 0 Å². The van der Waals surface area contributed by atoms with Gasteiger partial charge in [-0.05, 0) is 63.3 Å². The summed E-state index contributed by atoms with van der Waals surface area (Å²) in [7, 11) is 1.89. The average molecular weight is 292 g/mol. The van der Waals surface area contributed by atoms with Crippen molar-refractivity contribution in [2.45, 2.75) is 64.0 Å². The van der Waals surface area contributed by atoms with Gasteiger partial charge in [0.25, 0.3) is 0 Å². The lowest BCUT2D eigenvalue weighted by Gasteiger charge is -2.28. The topological polar surface area (TPSA) is 39.7 Å². The van der Waals surface area contributed by atoms with Crippen LogP contribution in [-0.4, -0.2) is 49.6 Å². The predicted octanol–water partition coefficient (Wildman–Crippen LogP) is 2.21. The van der Waals surface area contributed by atoms with E-state index < -0.39 is 0 Å². The van der Waals surface area contributed by atoms with E-state index in [1.165, 1.54) is 58.0 Å². The summed E-state index contributed by atoms with van der Waals surface area (Å²) in [6.07, 6.45) is 9.51. The molecule has 1 atom stereocenters. The van der Waals surface area contributed by atoms with E-state index in [2.05, 4.69) is 27.4 Å². The van der Waals surface area contributed by atoms with E-state index >= 15 is 0 Å². The van der Waals surface area contributed by atoms with Crippen LogP contribution in [0.4, 0.5) is 0 Å². The van der Waals surface area contributed by atoms with Gasteiger partial charge in [-0.1, -0.05) is 6.92 Å². The Hall–Kier alpha value is -0.770. The van der Waals surface area contributed by atoms with Gasteiger partial charge in [0, 0.05) is 32.2 Å². The van der Waals surface area contributed by atoms with Crippen LogP contribution in [0.1, 0.15) is 51.9 Å². The Kier molecular flexibility index (Phi) is 5.04. The summed E-state index contributed by atoms with van der Waals surface area (Å²) in [5.41, 5.74) is 0. The van der Waals surface area contributed by atoms with Gasteiger partial charge in [-0.15, -0.1) is 0 Å². The molecule has 2 N–H and O–H groups in total. The van der Waals surface area contributed by atoms with Crippen LogP contribution in [0.2, 0.25) is 0 Å². The van der Waals surface area contributed by atoms with E-state index in [1.807, 2.05) is 7.05 Å². The van der Waals surface area contributed by atoms with Crippen molar-refractivity contribution in [3.63, 3.8) is 0 Å². The van der Waals surface area contributed by atoms with Crippen LogP contribution in [-0.2, 0) is 0 Å². The first kappa shape index (κ1) is 15.1. The van der Waals surface area contributed by atoms with Gasteiger partial charge in [-0.2, -0.15) is 0 Å². The van der Waals surface area contributed by atoms with Crippen molar-refractivity contribution in [2.24, 2.45) is 16.8 Å². The van der Waals surface area contributed by atoms with Crippen LogP contribution in [0.5, 0.6) is 0 Å². The van der Waals surface area contributed by atoms with Crippen molar-refractivity contribution in [1.29, 1.82) is 0 Å². The zero-order chi connectivity index (χ0) is 14.7. The number of hydrogen-bond acceptors (Lipinski definition) is 2. The predicted molar refractivity (Wildman–Crippen MR) is 88.6 cm³/mol.